The van der Waals surface area contributed by atoms with Gasteiger partial charge in [-0.15, -0.1) is 11.8 Å². The van der Waals surface area contributed by atoms with Crippen LogP contribution in [0.1, 0.15) is 0 Å². The third-order valence-corrected chi connectivity index (χ3v) is 1.20. The van der Waals surface area contributed by atoms with Gasteiger partial charge in [-0.05, 0) is 0 Å². The summed E-state index contributed by atoms with van der Waals surface area (Å²) in [6.45, 7) is 1.03. The molecule has 0 aromatic heterocycles. The van der Waals surface area contributed by atoms with Crippen LogP contribution in [-0.2, 0) is 16.8 Å². The second-order valence-electron chi connectivity index (χ2n) is 0.882. The van der Waals surface area contributed by atoms with Crippen molar-refractivity contribution in [3.63, 3.8) is 0 Å². The van der Waals surface area contributed by atoms with Gasteiger partial charge in [0.15, 0.2) is 0 Å². The molecule has 0 fully saturated rings. The minimum absolute atomic E-state index is 0. The van der Waals surface area contributed by atoms with E-state index in [-0.39, 0.29) is 16.8 Å². The van der Waals surface area contributed by atoms with E-state index in [1.807, 2.05) is 5.55 Å². The van der Waals surface area contributed by atoms with Crippen LogP contribution in [0.4, 0.5) is 0 Å². The van der Waals surface area contributed by atoms with Gasteiger partial charge in [0.1, 0.15) is 0 Å². The molecule has 0 N–H and O–H groups in total. The minimum Gasteiger partial charge on any atom is -0.285 e. The molecule has 6 heavy (non-hydrogen) atoms. The van der Waals surface area contributed by atoms with E-state index >= 15 is 0 Å². The largest absolute Gasteiger partial charge is 0.285 e. The molecule has 1 heterocycles. The van der Waals surface area contributed by atoms with Crippen molar-refractivity contribution in [3.8, 4) is 0 Å². The van der Waals surface area contributed by atoms with Gasteiger partial charge < -0.3 is 0 Å². The Morgan fingerprint density at radius 1 is 1.67 bits per heavy atom. The van der Waals surface area contributed by atoms with Crippen LogP contribution < -0.4 is 0 Å². The number of aliphatic imine (C=N–C) groups is 1. The average molecular weight is 146 g/mol. The number of rotatable bonds is 0. The number of hydrogen-bond acceptors (Lipinski definition) is 2. The van der Waals surface area contributed by atoms with Crippen LogP contribution >= 0.6 is 11.8 Å². The molecule has 1 radical (unpaired) electrons. The number of nitrogens with zero attached hydrogens (tertiary/aromatic N) is 1. The summed E-state index contributed by atoms with van der Waals surface area (Å²) in [6.07, 6.45) is 0. The van der Waals surface area contributed by atoms with E-state index in [1.165, 1.54) is 5.75 Å². The normalized spacial score (nSPS) is 17.3. The summed E-state index contributed by atoms with van der Waals surface area (Å²) < 4.78 is 0. The monoisotopic (exact) mass is 146 g/mol. The molecular weight excluding hydrogens is 141 g/mol. The predicted molar refractivity (Wildman–Crippen MR) is 25.8 cm³/mol. The van der Waals surface area contributed by atoms with Crippen LogP contribution in [0.3, 0.4) is 0 Å². The Morgan fingerprint density at radius 2 is 2.50 bits per heavy atom. The van der Waals surface area contributed by atoms with Crippen molar-refractivity contribution in [3.05, 3.63) is 0 Å². The van der Waals surface area contributed by atoms with Crippen LogP contribution in [0.2, 0.25) is 0 Å². The number of thioether (sulfide) groups is 1. The zero-order valence-electron chi connectivity index (χ0n) is 3.18. The third kappa shape index (κ3) is 1.84. The molecule has 0 spiro atoms. The molecule has 1 aliphatic heterocycles. The quantitative estimate of drug-likeness (QED) is 0.491. The fraction of sp³-hybridized carbons (Fsp3) is 0.667. The first kappa shape index (κ1) is 6.53. The molecule has 0 unspecified atom stereocenters. The molecule has 0 aromatic carbocycles. The van der Waals surface area contributed by atoms with Crippen LogP contribution in [0.15, 0.2) is 4.99 Å². The maximum atomic E-state index is 3.92. The van der Waals surface area contributed by atoms with E-state index < -0.39 is 0 Å². The van der Waals surface area contributed by atoms with E-state index in [1.54, 1.807) is 11.8 Å². The summed E-state index contributed by atoms with van der Waals surface area (Å²) in [7, 11) is 0. The van der Waals surface area contributed by atoms with Gasteiger partial charge >= 0.3 is 0 Å². The molecule has 1 nitrogen and oxygen atoms in total. The van der Waals surface area contributed by atoms with Gasteiger partial charge in [-0.3, -0.25) is 4.99 Å². The second-order valence-corrected chi connectivity index (χ2v) is 1.83. The maximum absolute atomic E-state index is 3.92. The van der Waals surface area contributed by atoms with Gasteiger partial charge in [-0.1, -0.05) is 0 Å². The Kier molecular flexibility index (Phi) is 4.03. The molecule has 0 atom stereocenters. The van der Waals surface area contributed by atoms with Gasteiger partial charge in [0.2, 0.25) is 0 Å². The molecule has 0 saturated carbocycles. The summed E-state index contributed by atoms with van der Waals surface area (Å²) in [5.74, 6) is 1.19. The summed E-state index contributed by atoms with van der Waals surface area (Å²) in [5.41, 5.74) is 1.90. The third-order valence-electron chi connectivity index (χ3n) is 0.487. The van der Waals surface area contributed by atoms with E-state index in [2.05, 4.69) is 4.99 Å². The van der Waals surface area contributed by atoms with Crippen LogP contribution in [0.5, 0.6) is 0 Å². The number of hydrogen-bond donors (Lipinski definition) is 0. The first-order valence-electron chi connectivity index (χ1n) is 1.60. The summed E-state index contributed by atoms with van der Waals surface area (Å²) in [4.78, 5) is 3.92. The molecule has 0 aromatic rings. The summed E-state index contributed by atoms with van der Waals surface area (Å²) in [5, 5.41) is 0. The average Bonchev–Trinajstić information content (AvgIpc) is 1.76. The standard InChI is InChI=1S/C3H5NS.Co/c1-2-5-3-4-1;/h3H,1-2H2;. The van der Waals surface area contributed by atoms with Crippen LogP contribution in [0.25, 0.3) is 0 Å². The molecule has 0 amide bonds. The van der Waals surface area contributed by atoms with Crippen molar-refractivity contribution < 1.29 is 16.8 Å². The van der Waals surface area contributed by atoms with Crippen molar-refractivity contribution in [1.29, 1.82) is 0 Å². The molecule has 1 aliphatic rings. The van der Waals surface area contributed by atoms with E-state index in [0.717, 1.165) is 6.54 Å². The Hall–Kier alpha value is 0.526. The van der Waals surface area contributed by atoms with Crippen LogP contribution in [0, 0.1) is 0 Å². The topological polar surface area (TPSA) is 12.4 Å². The first-order chi connectivity index (χ1) is 2.50. The Labute approximate surface area is 51.8 Å². The summed E-state index contributed by atoms with van der Waals surface area (Å²) >= 11 is 1.78. The fourth-order valence-electron chi connectivity index (χ4n) is 0.264. The zero-order chi connectivity index (χ0) is 3.54. The minimum atomic E-state index is 0. The molecule has 3 heteroatoms. The fourth-order valence-corrected chi connectivity index (χ4v) is 0.791. The van der Waals surface area contributed by atoms with Gasteiger partial charge in [0.25, 0.3) is 0 Å². The Morgan fingerprint density at radius 3 is 2.67 bits per heavy atom. The Bertz CT molecular complexity index is 48.8. The smallest absolute Gasteiger partial charge is 0.0542 e. The second kappa shape index (κ2) is 3.71. The van der Waals surface area contributed by atoms with Crippen molar-refractivity contribution in [2.75, 3.05) is 12.3 Å². The predicted octanol–water partition coefficient (Wildman–Crippen LogP) is 0.759. The molecule has 0 saturated heterocycles. The molecule has 1 rings (SSSR count). The van der Waals surface area contributed by atoms with Gasteiger partial charge in [0.05, 0.1) is 5.55 Å². The zero-order valence-corrected chi connectivity index (χ0v) is 5.04. The van der Waals surface area contributed by atoms with E-state index in [9.17, 15) is 0 Å². The first-order valence-corrected chi connectivity index (χ1v) is 2.65. The summed E-state index contributed by atoms with van der Waals surface area (Å²) in [6, 6.07) is 0. The van der Waals surface area contributed by atoms with Gasteiger partial charge in [0, 0.05) is 29.1 Å². The van der Waals surface area contributed by atoms with Crippen molar-refractivity contribution >= 4 is 17.3 Å². The molecule has 37 valence electrons. The molecule has 0 bridgehead atoms. The van der Waals surface area contributed by atoms with Crippen LogP contribution in [-0.4, -0.2) is 17.8 Å². The van der Waals surface area contributed by atoms with Gasteiger partial charge in [-0.25, -0.2) is 0 Å². The van der Waals surface area contributed by atoms with Crippen molar-refractivity contribution in [2.24, 2.45) is 4.99 Å². The SMILES string of the molecule is C1=NCCS1.[Co]. The molecular formula is C3H5CoNS. The van der Waals surface area contributed by atoms with Crippen molar-refractivity contribution in [1.82, 2.24) is 0 Å². The van der Waals surface area contributed by atoms with E-state index in [0.29, 0.717) is 0 Å². The van der Waals surface area contributed by atoms with Crippen molar-refractivity contribution in [2.45, 2.75) is 0 Å². The maximum Gasteiger partial charge on any atom is 0.0542 e. The van der Waals surface area contributed by atoms with Gasteiger partial charge in [-0.2, -0.15) is 0 Å². The van der Waals surface area contributed by atoms with E-state index in [4.69, 9.17) is 0 Å². The molecule has 0 aliphatic carbocycles. The Balaban J connectivity index is 0.000000250.